The highest BCUT2D eigenvalue weighted by Gasteiger charge is 2.03. The molecule has 0 unspecified atom stereocenters. The molecule has 0 spiro atoms. The van der Waals surface area contributed by atoms with E-state index in [0.29, 0.717) is 5.56 Å². The zero-order chi connectivity index (χ0) is 9.68. The van der Waals surface area contributed by atoms with Gasteiger partial charge in [0, 0.05) is 4.43 Å². The van der Waals surface area contributed by atoms with Gasteiger partial charge in [-0.1, -0.05) is 34.7 Å². The summed E-state index contributed by atoms with van der Waals surface area (Å²) in [5.74, 6) is -0.277. The Morgan fingerprint density at radius 3 is 2.46 bits per heavy atom. The van der Waals surface area contributed by atoms with Crippen LogP contribution in [-0.2, 0) is 11.2 Å². The zero-order valence-electron chi connectivity index (χ0n) is 7.42. The number of halogens is 1. The number of carbonyl (C=O) groups is 1. The Labute approximate surface area is 91.4 Å². The third kappa shape index (κ3) is 2.99. The fourth-order valence-electron chi connectivity index (χ4n) is 1.03. The maximum absolute atomic E-state index is 11.1. The van der Waals surface area contributed by atoms with Crippen molar-refractivity contribution in [2.45, 2.75) is 6.42 Å². The summed E-state index contributed by atoms with van der Waals surface area (Å²) in [6, 6.07) is 7.52. The number of rotatable bonds is 3. The third-order valence-corrected chi connectivity index (χ3v) is 2.30. The maximum atomic E-state index is 11.1. The van der Waals surface area contributed by atoms with Gasteiger partial charge in [0.05, 0.1) is 12.7 Å². The summed E-state index contributed by atoms with van der Waals surface area (Å²) in [6.45, 7) is 0. The molecule has 1 rings (SSSR count). The van der Waals surface area contributed by atoms with E-state index in [0.717, 1.165) is 10.8 Å². The van der Waals surface area contributed by atoms with Gasteiger partial charge in [-0.15, -0.1) is 0 Å². The number of methoxy groups -OCH3 is 1. The predicted molar refractivity (Wildman–Crippen MR) is 60.4 cm³/mol. The van der Waals surface area contributed by atoms with Crippen LogP contribution in [-0.4, -0.2) is 17.5 Å². The molecular formula is C10H11IO2. The third-order valence-electron chi connectivity index (χ3n) is 1.76. The van der Waals surface area contributed by atoms with Gasteiger partial charge in [-0.25, -0.2) is 4.79 Å². The quantitative estimate of drug-likeness (QED) is 0.371. The van der Waals surface area contributed by atoms with Gasteiger partial charge in [0.1, 0.15) is 0 Å². The first-order valence-electron chi connectivity index (χ1n) is 4.01. The van der Waals surface area contributed by atoms with E-state index >= 15 is 0 Å². The van der Waals surface area contributed by atoms with Gasteiger partial charge in [0.2, 0.25) is 0 Å². The predicted octanol–water partition coefficient (Wildman–Crippen LogP) is 2.45. The Bertz CT molecular complexity index is 279. The van der Waals surface area contributed by atoms with Crippen molar-refractivity contribution in [3.05, 3.63) is 35.4 Å². The highest BCUT2D eigenvalue weighted by molar-refractivity contribution is 14.1. The molecule has 0 aliphatic carbocycles. The molecule has 70 valence electrons. The van der Waals surface area contributed by atoms with Gasteiger partial charge < -0.3 is 4.74 Å². The molecule has 0 heterocycles. The Morgan fingerprint density at radius 1 is 1.38 bits per heavy atom. The lowest BCUT2D eigenvalue weighted by Gasteiger charge is -2.00. The molecule has 1 aromatic rings. The summed E-state index contributed by atoms with van der Waals surface area (Å²) >= 11 is 2.33. The van der Waals surface area contributed by atoms with Gasteiger partial charge in [-0.3, -0.25) is 0 Å². The van der Waals surface area contributed by atoms with E-state index < -0.39 is 0 Å². The molecule has 0 atom stereocenters. The Balaban J connectivity index is 2.75. The van der Waals surface area contributed by atoms with Gasteiger partial charge in [0.25, 0.3) is 0 Å². The van der Waals surface area contributed by atoms with Crippen LogP contribution in [0.4, 0.5) is 0 Å². The van der Waals surface area contributed by atoms with Crippen LogP contribution in [0.2, 0.25) is 0 Å². The molecule has 0 fully saturated rings. The number of aryl methyl sites for hydroxylation is 1. The topological polar surface area (TPSA) is 26.3 Å². The number of esters is 1. The van der Waals surface area contributed by atoms with E-state index in [1.54, 1.807) is 12.1 Å². The van der Waals surface area contributed by atoms with E-state index in [1.807, 2.05) is 12.1 Å². The van der Waals surface area contributed by atoms with Crippen molar-refractivity contribution in [2.75, 3.05) is 11.5 Å². The fraction of sp³-hybridized carbons (Fsp3) is 0.300. The average molecular weight is 297 g/mol. The monoisotopic (exact) mass is 297 g/mol. The van der Waals surface area contributed by atoms with E-state index in [-0.39, 0.29) is 5.97 Å². The molecule has 0 radical (unpaired) electrons. The van der Waals surface area contributed by atoms with Crippen molar-refractivity contribution in [1.82, 2.24) is 0 Å². The molecule has 0 aliphatic rings. The Hall–Kier alpha value is -0.580. The van der Waals surface area contributed by atoms with E-state index in [1.165, 1.54) is 12.7 Å². The lowest BCUT2D eigenvalue weighted by Crippen LogP contribution is -2.00. The number of hydrogen-bond donors (Lipinski definition) is 0. The molecule has 0 saturated heterocycles. The molecule has 13 heavy (non-hydrogen) atoms. The minimum Gasteiger partial charge on any atom is -0.465 e. The SMILES string of the molecule is CO[13C](=O)[13c]1[13cH][13cH][13c](CCI)[13cH][13cH]1. The summed E-state index contributed by atoms with van der Waals surface area (Å²) in [5, 5.41) is 0. The number of ether oxygens (including phenoxy) is 1. The lowest BCUT2D eigenvalue weighted by atomic mass is 10.7. The van der Waals surface area contributed by atoms with Crippen LogP contribution in [0.25, 0.3) is 0 Å². The van der Waals surface area contributed by atoms with Gasteiger partial charge in [0.15, 0.2) is 0 Å². The smallest absolute Gasteiger partial charge is 0.337 e. The van der Waals surface area contributed by atoms with Crippen LogP contribution in [0.3, 0.4) is 0 Å². The number of alkyl halides is 1. The van der Waals surface area contributed by atoms with Gasteiger partial charge in [-0.05, 0) is 24.1 Å². The molecule has 0 aliphatic heterocycles. The van der Waals surface area contributed by atoms with Crippen LogP contribution in [0.15, 0.2) is 24.3 Å². The summed E-state index contributed by atoms with van der Waals surface area (Å²) in [6.07, 6.45) is 1.04. The van der Waals surface area contributed by atoms with Crippen LogP contribution in [0.5, 0.6) is 0 Å². The van der Waals surface area contributed by atoms with Crippen molar-refractivity contribution < 1.29 is 9.53 Å². The minimum absolute atomic E-state index is 0.277. The van der Waals surface area contributed by atoms with Crippen LogP contribution in [0.1, 0.15) is 15.9 Å². The Kier molecular flexibility index (Phi) is 4.21. The fourth-order valence-corrected chi connectivity index (χ4v) is 1.66. The molecular weight excluding hydrogens is 286 g/mol. The van der Waals surface area contributed by atoms with Crippen LogP contribution < -0.4 is 0 Å². The summed E-state index contributed by atoms with van der Waals surface area (Å²) in [5.41, 5.74) is 1.86. The molecule has 3 heteroatoms. The van der Waals surface area contributed by atoms with Crippen molar-refractivity contribution in [3.63, 3.8) is 0 Å². The van der Waals surface area contributed by atoms with E-state index in [4.69, 9.17) is 0 Å². The second-order valence-electron chi connectivity index (χ2n) is 2.63. The lowest BCUT2D eigenvalue weighted by molar-refractivity contribution is 0.0601. The minimum atomic E-state index is -0.277. The standard InChI is InChI=1S/C10H11IO2/c1-13-10(12)9-4-2-8(3-5-9)6-7-11/h2-5H,6-7H2,1H3/i2+1,3+1,4+1,5+1,8+1,9+1,10+1. The first-order valence-corrected chi connectivity index (χ1v) is 5.53. The van der Waals surface area contributed by atoms with Crippen molar-refractivity contribution in [3.8, 4) is 0 Å². The van der Waals surface area contributed by atoms with E-state index in [2.05, 4.69) is 27.3 Å². The largest absolute Gasteiger partial charge is 0.465 e. The summed E-state index contributed by atoms with van der Waals surface area (Å²) in [7, 11) is 1.39. The molecule has 0 bridgehead atoms. The van der Waals surface area contributed by atoms with Crippen molar-refractivity contribution >= 4 is 28.6 Å². The molecule has 0 N–H and O–H groups in total. The molecule has 1 aromatic carbocycles. The normalized spacial score (nSPS) is 9.69. The Morgan fingerprint density at radius 2 is 2.00 bits per heavy atom. The molecule has 0 saturated carbocycles. The summed E-state index contributed by atoms with van der Waals surface area (Å²) < 4.78 is 5.69. The molecule has 0 aromatic heterocycles. The second kappa shape index (κ2) is 5.21. The highest BCUT2D eigenvalue weighted by atomic mass is 127. The first kappa shape index (κ1) is 10.5. The van der Waals surface area contributed by atoms with E-state index in [9.17, 15) is 4.79 Å². The average Bonchev–Trinajstić information content (AvgIpc) is 2.18. The van der Waals surface area contributed by atoms with Gasteiger partial charge in [-0.2, -0.15) is 0 Å². The zero-order valence-corrected chi connectivity index (χ0v) is 9.58. The van der Waals surface area contributed by atoms with Crippen LogP contribution >= 0.6 is 22.6 Å². The summed E-state index contributed by atoms with van der Waals surface area (Å²) in [4.78, 5) is 11.1. The number of hydrogen-bond acceptors (Lipinski definition) is 2. The number of carbonyl (C=O) groups excluding carboxylic acids is 1. The number of benzene rings is 1. The van der Waals surface area contributed by atoms with Gasteiger partial charge >= 0.3 is 5.97 Å². The van der Waals surface area contributed by atoms with Crippen LogP contribution in [0, 0.1) is 0 Å². The molecule has 0 amide bonds. The van der Waals surface area contributed by atoms with Crippen molar-refractivity contribution in [2.24, 2.45) is 0 Å². The molecule has 2 nitrogen and oxygen atoms in total. The first-order chi connectivity index (χ1) is 6.27. The second-order valence-corrected chi connectivity index (χ2v) is 3.71. The maximum Gasteiger partial charge on any atom is 0.337 e. The van der Waals surface area contributed by atoms with Crippen molar-refractivity contribution in [1.29, 1.82) is 0 Å². The highest BCUT2D eigenvalue weighted by Crippen LogP contribution is 2.07.